The number of thioether (sulfide) groups is 1. The molecule has 2 heterocycles. The van der Waals surface area contributed by atoms with Gasteiger partial charge in [-0.15, -0.1) is 0 Å². The zero-order valence-electron chi connectivity index (χ0n) is 23.9. The first-order chi connectivity index (χ1) is 19.3. The Morgan fingerprint density at radius 1 is 1.02 bits per heavy atom. The predicted octanol–water partition coefficient (Wildman–Crippen LogP) is 4.50. The fourth-order valence-electron chi connectivity index (χ4n) is 4.52. The summed E-state index contributed by atoms with van der Waals surface area (Å²) in [7, 11) is -8.40. The highest BCUT2D eigenvalue weighted by molar-refractivity contribution is 8.03. The van der Waals surface area contributed by atoms with Crippen molar-refractivity contribution in [1.29, 1.82) is 0 Å². The third-order valence-corrected chi connectivity index (χ3v) is 9.38. The summed E-state index contributed by atoms with van der Waals surface area (Å²) in [6, 6.07) is 13.4. The van der Waals surface area contributed by atoms with E-state index in [0.29, 0.717) is 24.6 Å². The molecule has 0 amide bonds. The minimum absolute atomic E-state index is 0.172. The summed E-state index contributed by atoms with van der Waals surface area (Å²) in [4.78, 5) is 5.34. The van der Waals surface area contributed by atoms with Gasteiger partial charge in [-0.05, 0) is 56.7 Å². The molecule has 2 aromatic carbocycles. The number of hydrogen-bond donors (Lipinski definition) is 1. The van der Waals surface area contributed by atoms with Crippen LogP contribution in [0.3, 0.4) is 0 Å². The summed E-state index contributed by atoms with van der Waals surface area (Å²) in [5.41, 5.74) is 3.38. The molecule has 0 spiro atoms. The van der Waals surface area contributed by atoms with Crippen LogP contribution in [0.15, 0.2) is 56.8 Å². The van der Waals surface area contributed by atoms with Gasteiger partial charge in [-0.2, -0.15) is 13.0 Å². The Labute approximate surface area is 247 Å². The highest BCUT2D eigenvalue weighted by atomic mass is 32.2. The van der Waals surface area contributed by atoms with Crippen LogP contribution in [-0.2, 0) is 26.8 Å². The minimum Gasteiger partial charge on any atom is -0.748 e. The number of aromatic nitrogens is 1. The van der Waals surface area contributed by atoms with Crippen molar-refractivity contribution in [1.82, 2.24) is 4.90 Å². The Bertz CT molecular complexity index is 1560. The normalized spacial score (nSPS) is 14.5. The van der Waals surface area contributed by atoms with Gasteiger partial charge in [0.15, 0.2) is 6.54 Å². The van der Waals surface area contributed by atoms with E-state index in [1.165, 1.54) is 31.4 Å². The molecular formula is C28H39N3O7S3. The molecule has 41 heavy (non-hydrogen) atoms. The first-order valence-corrected chi connectivity index (χ1v) is 17.7. The van der Waals surface area contributed by atoms with E-state index in [9.17, 15) is 21.4 Å². The molecule has 0 aliphatic carbocycles. The van der Waals surface area contributed by atoms with Crippen LogP contribution in [-0.4, -0.2) is 68.5 Å². The van der Waals surface area contributed by atoms with Crippen molar-refractivity contribution < 1.29 is 34.9 Å². The van der Waals surface area contributed by atoms with Gasteiger partial charge in [0.1, 0.15) is 0 Å². The van der Waals surface area contributed by atoms with E-state index >= 15 is 0 Å². The Morgan fingerprint density at radius 3 is 2.32 bits per heavy atom. The third-order valence-electron chi connectivity index (χ3n) is 6.67. The van der Waals surface area contributed by atoms with Crippen molar-refractivity contribution in [2.24, 2.45) is 0 Å². The van der Waals surface area contributed by atoms with Crippen molar-refractivity contribution in [2.45, 2.75) is 52.0 Å². The number of rotatable bonds is 12. The number of hydrogen-bond acceptors (Lipinski definition) is 9. The van der Waals surface area contributed by atoms with E-state index in [2.05, 4.69) is 25.7 Å². The van der Waals surface area contributed by atoms with Crippen LogP contribution in [0.4, 0.5) is 5.69 Å². The molecule has 0 unspecified atom stereocenters. The first kappa shape index (κ1) is 33.1. The molecule has 1 aromatic heterocycles. The second-order valence-electron chi connectivity index (χ2n) is 9.64. The van der Waals surface area contributed by atoms with Crippen molar-refractivity contribution in [3.63, 3.8) is 0 Å². The second-order valence-corrected chi connectivity index (χ2v) is 13.8. The van der Waals surface area contributed by atoms with Gasteiger partial charge < -0.3 is 18.8 Å². The lowest BCUT2D eigenvalue weighted by Crippen LogP contribution is -2.36. The lowest BCUT2D eigenvalue weighted by Gasteiger charge is -2.20. The van der Waals surface area contributed by atoms with Crippen molar-refractivity contribution in [3.8, 4) is 0 Å². The maximum atomic E-state index is 11.2. The number of nitrogens with zero attached hydrogens (tertiary/aromatic N) is 3. The summed E-state index contributed by atoms with van der Waals surface area (Å²) < 4.78 is 72.8. The molecule has 0 saturated carbocycles. The van der Waals surface area contributed by atoms with Gasteiger partial charge in [-0.25, -0.2) is 8.42 Å². The van der Waals surface area contributed by atoms with Gasteiger partial charge in [0, 0.05) is 29.7 Å². The largest absolute Gasteiger partial charge is 0.748 e. The van der Waals surface area contributed by atoms with Crippen molar-refractivity contribution in [3.05, 3.63) is 58.9 Å². The second kappa shape index (κ2) is 14.7. The molecule has 0 bridgehead atoms. The van der Waals surface area contributed by atoms with Gasteiger partial charge in [-0.1, -0.05) is 50.7 Å². The van der Waals surface area contributed by atoms with E-state index in [1.54, 1.807) is 0 Å². The monoisotopic (exact) mass is 625 g/mol. The quantitative estimate of drug-likeness (QED) is 0.226. The Morgan fingerprint density at radius 2 is 1.71 bits per heavy atom. The molecule has 0 fully saturated rings. The van der Waals surface area contributed by atoms with Gasteiger partial charge in [0.05, 0.1) is 32.7 Å². The lowest BCUT2D eigenvalue weighted by atomic mass is 10.2. The van der Waals surface area contributed by atoms with Gasteiger partial charge in [0.25, 0.3) is 15.6 Å². The fourth-order valence-corrected chi connectivity index (χ4v) is 6.59. The average molecular weight is 626 g/mol. The number of fused-ring (bicyclic) bond motifs is 2. The highest BCUT2D eigenvalue weighted by Crippen LogP contribution is 2.47. The summed E-state index contributed by atoms with van der Waals surface area (Å²) in [5.74, 6) is -0.335. The molecule has 0 saturated heterocycles. The zero-order chi connectivity index (χ0) is 30.2. The summed E-state index contributed by atoms with van der Waals surface area (Å²) >= 11 is 1.50. The van der Waals surface area contributed by atoms with E-state index in [1.807, 2.05) is 64.9 Å². The van der Waals surface area contributed by atoms with Crippen molar-refractivity contribution in [2.75, 3.05) is 42.6 Å². The SMILES string of the molecule is CCN(CC)CC.Cc1ccc2c(c1)N(CCCS(=O)(=O)[O-])/C(=C/c1oc3ccccc3[n+]1CCCS(=O)(=O)O)S2. The Balaban J connectivity index is 0.000000587. The first-order valence-electron chi connectivity index (χ1n) is 13.6. The molecular weight excluding hydrogens is 587 g/mol. The Kier molecular flexibility index (Phi) is 11.8. The van der Waals surface area contributed by atoms with E-state index < -0.39 is 26.0 Å². The molecule has 1 aliphatic heterocycles. The zero-order valence-corrected chi connectivity index (χ0v) is 26.4. The number of anilines is 1. The van der Waals surface area contributed by atoms with Crippen LogP contribution in [0.1, 0.15) is 45.1 Å². The number of benzene rings is 2. The molecule has 0 atom stereocenters. The summed E-state index contributed by atoms with van der Waals surface area (Å²) in [6.45, 7) is 12.7. The van der Waals surface area contributed by atoms with Crippen LogP contribution in [0.5, 0.6) is 0 Å². The van der Waals surface area contributed by atoms with Crippen LogP contribution < -0.4 is 9.47 Å². The maximum absolute atomic E-state index is 11.2. The molecule has 1 aliphatic rings. The lowest BCUT2D eigenvalue weighted by molar-refractivity contribution is -0.677. The van der Waals surface area contributed by atoms with E-state index in [0.717, 1.165) is 26.7 Å². The topological polar surface area (TPSA) is 135 Å². The summed E-state index contributed by atoms with van der Waals surface area (Å²) in [5, 5.41) is 0.798. The molecule has 10 nitrogen and oxygen atoms in total. The van der Waals surface area contributed by atoms with Gasteiger partial charge in [0.2, 0.25) is 5.58 Å². The van der Waals surface area contributed by atoms with Gasteiger partial charge >= 0.3 is 5.89 Å². The molecule has 3 aromatic rings. The molecule has 226 valence electrons. The predicted molar refractivity (Wildman–Crippen MR) is 162 cm³/mol. The molecule has 13 heteroatoms. The van der Waals surface area contributed by atoms with Crippen LogP contribution in [0, 0.1) is 6.92 Å². The molecule has 4 rings (SSSR count). The van der Waals surface area contributed by atoms with E-state index in [4.69, 9.17) is 8.97 Å². The Hall–Kier alpha value is -2.42. The van der Waals surface area contributed by atoms with Crippen LogP contribution in [0.2, 0.25) is 0 Å². The summed E-state index contributed by atoms with van der Waals surface area (Å²) in [6.07, 6.45) is 2.20. The maximum Gasteiger partial charge on any atom is 0.376 e. The number of aryl methyl sites for hydroxylation is 2. The average Bonchev–Trinajstić information content (AvgIpc) is 3.41. The minimum atomic E-state index is -4.32. The number of para-hydroxylation sites is 2. The third kappa shape index (κ3) is 9.83. The van der Waals surface area contributed by atoms with Crippen molar-refractivity contribution >= 4 is 54.9 Å². The molecule has 1 N–H and O–H groups in total. The van der Waals surface area contributed by atoms with Crippen LogP contribution in [0.25, 0.3) is 17.2 Å². The van der Waals surface area contributed by atoms with Gasteiger partial charge in [-0.3, -0.25) is 4.55 Å². The fraction of sp³-hybridized carbons (Fsp3) is 0.464. The highest BCUT2D eigenvalue weighted by Gasteiger charge is 2.29. The standard InChI is InChI=1S/C22H24N2O7S3.C6H15N/c1-16-8-9-20-18(14-16)24(11-5-13-34(28,29)30)22(32-20)15-21-23(10-4-12-33(25,26)27)17-6-2-3-7-19(17)31-21;1-4-7(5-2)6-3/h2-3,6-9,14-15H,4-5,10-13H2,1H3,(H-,25,26,27,28,29,30);4-6H2,1-3H3. The molecule has 0 radical (unpaired) electrons. The van der Waals surface area contributed by atoms with E-state index in [-0.39, 0.29) is 18.6 Å². The smallest absolute Gasteiger partial charge is 0.376 e. The number of oxazole rings is 1. The van der Waals surface area contributed by atoms with Crippen LogP contribution >= 0.6 is 11.8 Å².